The van der Waals surface area contributed by atoms with Crippen molar-refractivity contribution >= 4 is 56.1 Å². The number of carboxylic acids is 2. The van der Waals surface area contributed by atoms with Gasteiger partial charge in [0.25, 0.3) is 6.43 Å². The van der Waals surface area contributed by atoms with Gasteiger partial charge in [-0.2, -0.15) is 26.3 Å². The molecule has 2 fully saturated rings. The van der Waals surface area contributed by atoms with E-state index >= 15 is 0 Å². The molecule has 3 aromatic heterocycles. The lowest BCUT2D eigenvalue weighted by Crippen LogP contribution is -2.49. The zero-order valence-electron chi connectivity index (χ0n) is 23.9. The summed E-state index contributed by atoms with van der Waals surface area (Å²) in [7, 11) is -4.11. The molecule has 0 amide bonds. The number of pyridine rings is 1. The van der Waals surface area contributed by atoms with Crippen molar-refractivity contribution in [2.24, 2.45) is 0 Å². The quantitative estimate of drug-likeness (QED) is 0.253. The maximum atomic E-state index is 13.5. The average molecular weight is 764 g/mol. The van der Waals surface area contributed by atoms with Crippen molar-refractivity contribution in [1.29, 1.82) is 0 Å². The van der Waals surface area contributed by atoms with Crippen LogP contribution in [0, 0.1) is 0 Å². The number of nitrogens with one attached hydrogen (secondary N) is 2. The molecule has 48 heavy (non-hydrogen) atoms. The summed E-state index contributed by atoms with van der Waals surface area (Å²) in [6.07, 6.45) is -10.8. The topological polar surface area (TPSA) is 179 Å². The maximum Gasteiger partial charge on any atom is 0.490 e. The minimum atomic E-state index is -5.08. The number of alkyl halides is 9. The molecule has 0 bridgehead atoms. The third kappa shape index (κ3) is 9.57. The van der Waals surface area contributed by atoms with E-state index in [-0.39, 0.29) is 26.9 Å². The largest absolute Gasteiger partial charge is 0.490 e. The van der Waals surface area contributed by atoms with Crippen molar-refractivity contribution in [2.75, 3.05) is 31.2 Å². The van der Waals surface area contributed by atoms with Gasteiger partial charge >= 0.3 is 24.3 Å². The number of fused-ring (bicyclic) bond motifs is 1. The van der Waals surface area contributed by atoms with Crippen molar-refractivity contribution in [3.05, 3.63) is 22.4 Å². The zero-order valence-corrected chi connectivity index (χ0v) is 26.3. The molecule has 1 aliphatic heterocycles. The van der Waals surface area contributed by atoms with Crippen molar-refractivity contribution in [1.82, 2.24) is 29.6 Å². The van der Waals surface area contributed by atoms with Crippen molar-refractivity contribution in [2.45, 2.75) is 55.0 Å². The van der Waals surface area contributed by atoms with Gasteiger partial charge in [0, 0.05) is 31.9 Å². The van der Waals surface area contributed by atoms with Gasteiger partial charge in [-0.05, 0) is 25.8 Å². The summed E-state index contributed by atoms with van der Waals surface area (Å²) in [6, 6.07) is 1.62. The van der Waals surface area contributed by atoms with Gasteiger partial charge in [-0.1, -0.05) is 22.9 Å². The van der Waals surface area contributed by atoms with E-state index in [4.69, 9.17) is 31.4 Å². The molecule has 13 nitrogen and oxygen atoms in total. The highest BCUT2D eigenvalue weighted by Crippen LogP contribution is 2.40. The Bertz CT molecular complexity index is 1720. The van der Waals surface area contributed by atoms with Gasteiger partial charge in [0.05, 0.1) is 11.2 Å². The SMILES string of the molecule is C[C@@H]1CN(c2cc(S(=O)(=O)NC3(CF)CC3)cn3c(-c4nnc(C(F)F)s4)nc(Cl)c23)CCN1.O=C(O)C(F)(F)F.O=C(O)C(F)(F)F. The summed E-state index contributed by atoms with van der Waals surface area (Å²) < 4.78 is 134. The van der Waals surface area contributed by atoms with E-state index in [1.54, 1.807) is 0 Å². The third-order valence-electron chi connectivity index (χ3n) is 6.43. The second kappa shape index (κ2) is 14.6. The number of nitrogens with zero attached hydrogens (tertiary/aromatic N) is 5. The first-order valence-corrected chi connectivity index (χ1v) is 15.7. The molecule has 0 spiro atoms. The smallest absolute Gasteiger partial charge is 0.475 e. The van der Waals surface area contributed by atoms with E-state index in [1.165, 1.54) is 16.7 Å². The van der Waals surface area contributed by atoms with Crippen LogP contribution in [0.2, 0.25) is 5.15 Å². The Morgan fingerprint density at radius 1 is 1.15 bits per heavy atom. The van der Waals surface area contributed by atoms with Gasteiger partial charge in [-0.15, -0.1) is 10.2 Å². The number of carboxylic acid groups (broad SMARTS) is 2. The molecule has 0 radical (unpaired) electrons. The Morgan fingerprint density at radius 2 is 1.71 bits per heavy atom. The van der Waals surface area contributed by atoms with E-state index < -0.39 is 58.0 Å². The number of halogens is 10. The zero-order chi connectivity index (χ0) is 36.4. The van der Waals surface area contributed by atoms with Crippen LogP contribution in [0.5, 0.6) is 0 Å². The predicted molar refractivity (Wildman–Crippen MR) is 149 cm³/mol. The van der Waals surface area contributed by atoms with Gasteiger partial charge in [0.1, 0.15) is 17.1 Å². The number of piperazine rings is 1. The highest BCUT2D eigenvalue weighted by Gasteiger charge is 2.46. The van der Waals surface area contributed by atoms with Gasteiger partial charge in [-0.3, -0.25) is 4.40 Å². The number of sulfonamides is 1. The molecule has 3 aromatic rings. The molecule has 4 N–H and O–H groups in total. The first-order chi connectivity index (χ1) is 22.0. The fourth-order valence-corrected chi connectivity index (χ4v) is 6.40. The predicted octanol–water partition coefficient (Wildman–Crippen LogP) is 4.29. The summed E-state index contributed by atoms with van der Waals surface area (Å²) in [5.41, 5.74) is -0.146. The summed E-state index contributed by atoms with van der Waals surface area (Å²) in [6.45, 7) is 3.02. The Hall–Kier alpha value is -3.48. The van der Waals surface area contributed by atoms with E-state index in [0.29, 0.717) is 55.0 Å². The van der Waals surface area contributed by atoms with Crippen LogP contribution in [-0.2, 0) is 19.6 Å². The fourth-order valence-electron chi connectivity index (χ4n) is 3.99. The van der Waals surface area contributed by atoms with Gasteiger partial charge < -0.3 is 20.4 Å². The van der Waals surface area contributed by atoms with Crippen molar-refractivity contribution < 1.29 is 67.7 Å². The normalized spacial score (nSPS) is 17.8. The minimum Gasteiger partial charge on any atom is -0.475 e. The molecule has 0 aromatic carbocycles. The van der Waals surface area contributed by atoms with Gasteiger partial charge in [0.2, 0.25) is 10.0 Å². The number of rotatable bonds is 7. The van der Waals surface area contributed by atoms with Gasteiger partial charge in [0.15, 0.2) is 21.0 Å². The molecule has 2 aliphatic rings. The number of imidazole rings is 1. The fraction of sp³-hybridized carbons (Fsp3) is 0.522. The molecule has 1 saturated heterocycles. The molecule has 0 unspecified atom stereocenters. The van der Waals surface area contributed by atoms with Crippen LogP contribution >= 0.6 is 22.9 Å². The summed E-state index contributed by atoms with van der Waals surface area (Å²) in [4.78, 5) is 24.0. The lowest BCUT2D eigenvalue weighted by atomic mass is 10.2. The van der Waals surface area contributed by atoms with Crippen LogP contribution in [0.3, 0.4) is 0 Å². The molecule has 1 saturated carbocycles. The first-order valence-electron chi connectivity index (χ1n) is 13.0. The Kier molecular flexibility index (Phi) is 11.8. The molecule has 1 atom stereocenters. The van der Waals surface area contributed by atoms with E-state index in [2.05, 4.69) is 25.2 Å². The number of hydrogen-bond donors (Lipinski definition) is 4. The van der Waals surface area contributed by atoms with Crippen LogP contribution in [-0.4, -0.2) is 100 Å². The minimum absolute atomic E-state index is 0.0711. The Labute approximate surface area is 272 Å². The van der Waals surface area contributed by atoms with Gasteiger partial charge in [-0.25, -0.2) is 40.9 Å². The van der Waals surface area contributed by atoms with Crippen LogP contribution in [0.4, 0.5) is 45.2 Å². The van der Waals surface area contributed by atoms with Crippen molar-refractivity contribution in [3.8, 4) is 10.8 Å². The Balaban J connectivity index is 0.000000376. The summed E-state index contributed by atoms with van der Waals surface area (Å²) in [5.74, 6) is -5.42. The summed E-state index contributed by atoms with van der Waals surface area (Å²) in [5, 5.41) is 24.5. The average Bonchev–Trinajstić information content (AvgIpc) is 3.40. The highest BCUT2D eigenvalue weighted by atomic mass is 35.5. The number of aromatic nitrogens is 4. The second-order valence-electron chi connectivity index (χ2n) is 10.2. The molecule has 25 heteroatoms. The molecule has 5 rings (SSSR count). The molecule has 4 heterocycles. The number of aliphatic carboxylic acids is 2. The molecule has 268 valence electrons. The number of hydrogen-bond acceptors (Lipinski definition) is 10. The summed E-state index contributed by atoms with van der Waals surface area (Å²) >= 11 is 7.13. The van der Waals surface area contributed by atoms with E-state index in [1.807, 2.05) is 11.8 Å². The maximum absolute atomic E-state index is 13.5. The third-order valence-corrected chi connectivity index (χ3v) is 9.17. The van der Waals surface area contributed by atoms with E-state index in [9.17, 15) is 47.9 Å². The van der Waals surface area contributed by atoms with Crippen LogP contribution in [0.1, 0.15) is 31.2 Å². The lowest BCUT2D eigenvalue weighted by molar-refractivity contribution is -0.193. The second-order valence-corrected chi connectivity index (χ2v) is 13.2. The van der Waals surface area contributed by atoms with Crippen LogP contribution in [0.25, 0.3) is 16.3 Å². The van der Waals surface area contributed by atoms with Crippen molar-refractivity contribution in [3.63, 3.8) is 0 Å². The van der Waals surface area contributed by atoms with Crippen LogP contribution in [0.15, 0.2) is 17.2 Å². The lowest BCUT2D eigenvalue weighted by Gasteiger charge is -2.34. The molecular weight excluding hydrogens is 741 g/mol. The monoisotopic (exact) mass is 763 g/mol. The Morgan fingerprint density at radius 3 is 2.15 bits per heavy atom. The van der Waals surface area contributed by atoms with Crippen LogP contribution < -0.4 is 14.9 Å². The number of carbonyl (C=O) groups is 2. The number of anilines is 1. The molecule has 1 aliphatic carbocycles. The van der Waals surface area contributed by atoms with E-state index in [0.717, 1.165) is 0 Å². The highest BCUT2D eigenvalue weighted by molar-refractivity contribution is 7.89. The first kappa shape index (κ1) is 39.0. The standard InChI is InChI=1S/C19H21ClF3N7O2S2.2C2HF3O2/c1-10-7-29(5-4-24-10)12-6-11(34(31,32)28-19(9-21)2-3-19)8-30-13(12)14(20)25-16(30)18-27-26-17(33-18)15(22)23;2*3-2(4,5)1(6)7/h6,8,10,15,24,28H,2-5,7,9H2,1H3;2*(H,6,7)/t10-;;/m1../s1. The molecular formula is C23H23ClF9N7O6S2.